The molecule has 0 aliphatic carbocycles. The average Bonchev–Trinajstić information content (AvgIpc) is 2.28. The molecule has 0 aromatic carbocycles. The summed E-state index contributed by atoms with van der Waals surface area (Å²) in [6, 6.07) is 0. The molecule has 0 aromatic rings. The van der Waals surface area contributed by atoms with Crippen molar-refractivity contribution in [2.45, 2.75) is 27.7 Å². The first-order valence-electron chi connectivity index (χ1n) is 5.97. The molecule has 0 saturated carbocycles. The Morgan fingerprint density at radius 2 is 1.56 bits per heavy atom. The molecular formula is C11H21O6P. The first-order chi connectivity index (χ1) is 8.40. The van der Waals surface area contributed by atoms with Gasteiger partial charge < -0.3 is 13.8 Å². The van der Waals surface area contributed by atoms with E-state index < -0.39 is 31.4 Å². The van der Waals surface area contributed by atoms with Crippen LogP contribution in [0.3, 0.4) is 0 Å². The van der Waals surface area contributed by atoms with Crippen LogP contribution < -0.4 is 0 Å². The summed E-state index contributed by atoms with van der Waals surface area (Å²) in [5, 5.41) is 0. The van der Waals surface area contributed by atoms with Crippen LogP contribution in [-0.2, 0) is 27.9 Å². The molecule has 0 N–H and O–H groups in total. The van der Waals surface area contributed by atoms with Crippen LogP contribution in [0.1, 0.15) is 27.7 Å². The fraction of sp³-hybridized carbons (Fsp3) is 0.818. The number of carbonyl (C=O) groups excluding carboxylic acids is 2. The first kappa shape index (κ1) is 17.3. The first-order valence-corrected chi connectivity index (χ1v) is 7.70. The van der Waals surface area contributed by atoms with Crippen LogP contribution >= 0.6 is 7.60 Å². The lowest BCUT2D eigenvalue weighted by atomic mass is 10.1. The SMILES string of the molecule is CCOC(=O)C(C)C(=O)CP(=O)(OCC)OCC. The highest BCUT2D eigenvalue weighted by atomic mass is 31.2. The predicted molar refractivity (Wildman–Crippen MR) is 66.5 cm³/mol. The molecule has 0 bridgehead atoms. The maximum absolute atomic E-state index is 12.1. The van der Waals surface area contributed by atoms with Gasteiger partial charge in [0.05, 0.1) is 19.8 Å². The zero-order valence-corrected chi connectivity index (χ0v) is 12.2. The molecule has 7 heteroatoms. The number of hydrogen-bond acceptors (Lipinski definition) is 6. The van der Waals surface area contributed by atoms with Crippen molar-refractivity contribution < 1.29 is 27.9 Å². The second kappa shape index (κ2) is 8.40. The summed E-state index contributed by atoms with van der Waals surface area (Å²) in [5.41, 5.74) is 0. The normalized spacial score (nSPS) is 13.1. The molecule has 0 amide bonds. The molecule has 0 spiro atoms. The molecule has 0 fully saturated rings. The Hall–Kier alpha value is -0.710. The number of esters is 1. The standard InChI is InChI=1S/C11H21O6P/c1-5-15-11(13)9(4)10(12)8-18(14,16-6-2)17-7-3/h9H,5-8H2,1-4H3. The van der Waals surface area contributed by atoms with Crippen LogP contribution in [0, 0.1) is 5.92 Å². The minimum absolute atomic E-state index is 0.179. The van der Waals surface area contributed by atoms with Gasteiger partial charge in [-0.1, -0.05) is 0 Å². The van der Waals surface area contributed by atoms with Crippen molar-refractivity contribution in [1.29, 1.82) is 0 Å². The van der Waals surface area contributed by atoms with Crippen LogP contribution in [0.15, 0.2) is 0 Å². The number of ketones is 1. The lowest BCUT2D eigenvalue weighted by Crippen LogP contribution is -2.26. The van der Waals surface area contributed by atoms with Gasteiger partial charge >= 0.3 is 13.6 Å². The van der Waals surface area contributed by atoms with Gasteiger partial charge in [-0.3, -0.25) is 14.2 Å². The van der Waals surface area contributed by atoms with Gasteiger partial charge in [-0.15, -0.1) is 0 Å². The van der Waals surface area contributed by atoms with Crippen LogP contribution in [0.5, 0.6) is 0 Å². The highest BCUT2D eigenvalue weighted by Gasteiger charge is 2.33. The van der Waals surface area contributed by atoms with Crippen molar-refractivity contribution in [3.8, 4) is 0 Å². The molecule has 106 valence electrons. The summed E-state index contributed by atoms with van der Waals surface area (Å²) < 4.78 is 26.8. The maximum Gasteiger partial charge on any atom is 0.338 e. The van der Waals surface area contributed by atoms with Crippen molar-refractivity contribution in [3.63, 3.8) is 0 Å². The Balaban J connectivity index is 4.59. The lowest BCUT2D eigenvalue weighted by Gasteiger charge is -2.17. The molecule has 0 heterocycles. The quantitative estimate of drug-likeness (QED) is 0.365. The topological polar surface area (TPSA) is 78.9 Å². The highest BCUT2D eigenvalue weighted by Crippen LogP contribution is 2.48. The summed E-state index contributed by atoms with van der Waals surface area (Å²) in [7, 11) is -3.45. The Morgan fingerprint density at radius 1 is 1.06 bits per heavy atom. The third kappa shape index (κ3) is 5.76. The van der Waals surface area contributed by atoms with E-state index in [-0.39, 0.29) is 19.8 Å². The molecule has 0 aliphatic rings. The monoisotopic (exact) mass is 280 g/mol. The van der Waals surface area contributed by atoms with E-state index in [9.17, 15) is 14.2 Å². The van der Waals surface area contributed by atoms with Gasteiger partial charge in [0.25, 0.3) is 0 Å². The van der Waals surface area contributed by atoms with Crippen molar-refractivity contribution in [1.82, 2.24) is 0 Å². The summed E-state index contributed by atoms with van der Waals surface area (Å²) in [6.07, 6.45) is -0.408. The molecule has 18 heavy (non-hydrogen) atoms. The summed E-state index contributed by atoms with van der Waals surface area (Å²) in [5.74, 6) is -2.08. The van der Waals surface area contributed by atoms with E-state index in [1.54, 1.807) is 20.8 Å². The number of Topliss-reactive ketones (excluding diaryl/α,β-unsaturated/α-hetero) is 1. The Kier molecular flexibility index (Phi) is 8.07. The van der Waals surface area contributed by atoms with E-state index in [0.717, 1.165) is 0 Å². The van der Waals surface area contributed by atoms with Crippen molar-refractivity contribution >= 4 is 19.3 Å². The minimum atomic E-state index is -3.45. The second-order valence-electron chi connectivity index (χ2n) is 3.54. The smallest absolute Gasteiger partial charge is 0.338 e. The Labute approximate surface area is 108 Å². The fourth-order valence-electron chi connectivity index (χ4n) is 1.25. The predicted octanol–water partition coefficient (Wildman–Crippen LogP) is 2.02. The molecule has 0 saturated heterocycles. The van der Waals surface area contributed by atoms with Gasteiger partial charge in [0.2, 0.25) is 0 Å². The third-order valence-electron chi connectivity index (χ3n) is 2.12. The van der Waals surface area contributed by atoms with E-state index in [2.05, 4.69) is 0 Å². The number of carbonyl (C=O) groups is 2. The largest absolute Gasteiger partial charge is 0.465 e. The molecule has 1 atom stereocenters. The Morgan fingerprint density at radius 3 is 1.94 bits per heavy atom. The van der Waals surface area contributed by atoms with E-state index in [4.69, 9.17) is 13.8 Å². The zero-order valence-electron chi connectivity index (χ0n) is 11.3. The van der Waals surface area contributed by atoms with E-state index >= 15 is 0 Å². The molecule has 0 aromatic heterocycles. The number of hydrogen-bond donors (Lipinski definition) is 0. The van der Waals surface area contributed by atoms with Gasteiger partial charge in [-0.25, -0.2) is 0 Å². The number of ether oxygens (including phenoxy) is 1. The van der Waals surface area contributed by atoms with E-state index in [1.807, 2.05) is 0 Å². The molecular weight excluding hydrogens is 259 g/mol. The van der Waals surface area contributed by atoms with Gasteiger partial charge in [0, 0.05) is 0 Å². The molecule has 6 nitrogen and oxygen atoms in total. The minimum Gasteiger partial charge on any atom is -0.465 e. The van der Waals surface area contributed by atoms with Crippen LogP contribution in [0.25, 0.3) is 0 Å². The summed E-state index contributed by atoms with van der Waals surface area (Å²) >= 11 is 0. The van der Waals surface area contributed by atoms with Gasteiger partial charge in [0.15, 0.2) is 5.78 Å². The van der Waals surface area contributed by atoms with Gasteiger partial charge in [-0.05, 0) is 27.7 Å². The third-order valence-corrected chi connectivity index (χ3v) is 4.13. The summed E-state index contributed by atoms with van der Waals surface area (Å²) in [6.45, 7) is 6.94. The zero-order chi connectivity index (χ0) is 14.2. The van der Waals surface area contributed by atoms with Gasteiger partial charge in [0.1, 0.15) is 12.1 Å². The van der Waals surface area contributed by atoms with Crippen molar-refractivity contribution in [2.24, 2.45) is 5.92 Å². The Bertz CT molecular complexity index is 317. The van der Waals surface area contributed by atoms with Crippen LogP contribution in [-0.4, -0.2) is 37.7 Å². The molecule has 1 unspecified atom stereocenters. The van der Waals surface area contributed by atoms with Crippen molar-refractivity contribution in [3.05, 3.63) is 0 Å². The number of rotatable bonds is 9. The van der Waals surface area contributed by atoms with Gasteiger partial charge in [-0.2, -0.15) is 0 Å². The average molecular weight is 280 g/mol. The highest BCUT2D eigenvalue weighted by molar-refractivity contribution is 7.54. The molecule has 0 rings (SSSR count). The summed E-state index contributed by atoms with van der Waals surface area (Å²) in [4.78, 5) is 23.2. The lowest BCUT2D eigenvalue weighted by molar-refractivity contribution is -0.150. The fourth-order valence-corrected chi connectivity index (χ4v) is 2.95. The van der Waals surface area contributed by atoms with E-state index in [1.165, 1.54) is 6.92 Å². The van der Waals surface area contributed by atoms with Crippen molar-refractivity contribution in [2.75, 3.05) is 26.0 Å². The second-order valence-corrected chi connectivity index (χ2v) is 5.60. The van der Waals surface area contributed by atoms with E-state index in [0.29, 0.717) is 0 Å². The molecule has 0 aliphatic heterocycles. The maximum atomic E-state index is 12.1. The van der Waals surface area contributed by atoms with Crippen LogP contribution in [0.4, 0.5) is 0 Å². The molecule has 0 radical (unpaired) electrons. The van der Waals surface area contributed by atoms with Crippen LogP contribution in [0.2, 0.25) is 0 Å².